The molecule has 2 aliphatic heterocycles. The number of amides is 3. The summed E-state index contributed by atoms with van der Waals surface area (Å²) in [5.41, 5.74) is 1.91. The molecule has 2 heterocycles. The van der Waals surface area contributed by atoms with Crippen molar-refractivity contribution < 1.29 is 19.1 Å². The summed E-state index contributed by atoms with van der Waals surface area (Å²) in [5.74, 6) is 0.196. The van der Waals surface area contributed by atoms with Crippen molar-refractivity contribution >= 4 is 29.1 Å². The van der Waals surface area contributed by atoms with E-state index in [0.717, 1.165) is 38.0 Å². The molecule has 0 spiro atoms. The maximum absolute atomic E-state index is 13.0. The summed E-state index contributed by atoms with van der Waals surface area (Å²) in [6.45, 7) is 1.91. The number of anilines is 2. The smallest absolute Gasteiger partial charge is 0.265 e. The number of nitrogens with zero attached hydrogens (tertiary/aromatic N) is 2. The molecule has 3 amide bonds. The van der Waals surface area contributed by atoms with Crippen LogP contribution in [0.25, 0.3) is 0 Å². The molecule has 8 heteroatoms. The summed E-state index contributed by atoms with van der Waals surface area (Å²) in [4.78, 5) is 41.3. The lowest BCUT2D eigenvalue weighted by Gasteiger charge is -2.38. The second-order valence-electron chi connectivity index (χ2n) is 8.05. The zero-order valence-electron chi connectivity index (χ0n) is 18.2. The molecule has 0 unspecified atom stereocenters. The van der Waals surface area contributed by atoms with Crippen LogP contribution in [0, 0.1) is 0 Å². The number of ether oxygens (including phenoxy) is 1. The summed E-state index contributed by atoms with van der Waals surface area (Å²) >= 11 is 0. The predicted molar refractivity (Wildman–Crippen MR) is 122 cm³/mol. The number of nitrogens with one attached hydrogen (secondary N) is 2. The minimum Gasteiger partial charge on any atom is -0.477 e. The summed E-state index contributed by atoms with van der Waals surface area (Å²) in [6.07, 6.45) is 2.54. The lowest BCUT2D eigenvalue weighted by Crippen LogP contribution is -2.52. The Bertz CT molecular complexity index is 986. The van der Waals surface area contributed by atoms with Gasteiger partial charge in [0, 0.05) is 31.4 Å². The first-order chi connectivity index (χ1) is 15.5. The maximum atomic E-state index is 13.0. The van der Waals surface area contributed by atoms with E-state index in [4.69, 9.17) is 4.74 Å². The zero-order chi connectivity index (χ0) is 22.5. The summed E-state index contributed by atoms with van der Waals surface area (Å²) in [5, 5.41) is 5.43. The molecule has 0 saturated carbocycles. The van der Waals surface area contributed by atoms with E-state index in [-0.39, 0.29) is 24.3 Å². The first-order valence-corrected chi connectivity index (χ1v) is 11.0. The zero-order valence-corrected chi connectivity index (χ0v) is 18.2. The van der Waals surface area contributed by atoms with Crippen molar-refractivity contribution in [3.05, 3.63) is 54.1 Å². The fraction of sp³-hybridized carbons (Fsp3) is 0.375. The monoisotopic (exact) mass is 436 g/mol. The van der Waals surface area contributed by atoms with Crippen LogP contribution in [0.1, 0.15) is 29.6 Å². The number of likely N-dealkylation sites (tertiary alicyclic amines) is 1. The van der Waals surface area contributed by atoms with Gasteiger partial charge in [0.15, 0.2) is 6.10 Å². The van der Waals surface area contributed by atoms with Gasteiger partial charge in [0.05, 0.1) is 18.8 Å². The van der Waals surface area contributed by atoms with Gasteiger partial charge >= 0.3 is 0 Å². The van der Waals surface area contributed by atoms with Crippen molar-refractivity contribution in [3.63, 3.8) is 0 Å². The van der Waals surface area contributed by atoms with Gasteiger partial charge in [0.1, 0.15) is 5.75 Å². The molecule has 1 atom stereocenters. The number of carbonyl (C=O) groups is 3. The van der Waals surface area contributed by atoms with E-state index in [0.29, 0.717) is 23.5 Å². The molecule has 2 aromatic carbocycles. The van der Waals surface area contributed by atoms with Crippen LogP contribution in [0.2, 0.25) is 0 Å². The van der Waals surface area contributed by atoms with Gasteiger partial charge in [-0.1, -0.05) is 12.1 Å². The number of piperidine rings is 1. The lowest BCUT2D eigenvalue weighted by molar-refractivity contribution is -0.139. The van der Waals surface area contributed by atoms with Crippen LogP contribution in [0.3, 0.4) is 0 Å². The molecule has 1 saturated heterocycles. The van der Waals surface area contributed by atoms with Crippen molar-refractivity contribution in [1.29, 1.82) is 0 Å². The van der Waals surface area contributed by atoms with Crippen molar-refractivity contribution in [3.8, 4) is 5.75 Å². The van der Waals surface area contributed by atoms with Gasteiger partial charge in [-0.2, -0.15) is 0 Å². The normalized spacial score (nSPS) is 17.7. The molecular weight excluding hydrogens is 408 g/mol. The SMILES string of the molecule is CNC(=O)c1ccc(NC(=O)CN2C[C@H](C(=O)N3CCCCC3)Oc3ccccc32)cc1. The van der Waals surface area contributed by atoms with E-state index in [1.165, 1.54) is 0 Å². The van der Waals surface area contributed by atoms with Crippen LogP contribution >= 0.6 is 0 Å². The average Bonchev–Trinajstić information content (AvgIpc) is 2.84. The molecule has 2 N–H and O–H groups in total. The highest BCUT2D eigenvalue weighted by atomic mass is 16.5. The third-order valence-electron chi connectivity index (χ3n) is 5.80. The molecular formula is C24H28N4O4. The molecule has 0 bridgehead atoms. The second kappa shape index (κ2) is 9.72. The van der Waals surface area contributed by atoms with Crippen LogP contribution in [-0.2, 0) is 9.59 Å². The fourth-order valence-corrected chi connectivity index (χ4v) is 4.13. The number of carbonyl (C=O) groups excluding carboxylic acids is 3. The molecule has 32 heavy (non-hydrogen) atoms. The van der Waals surface area contributed by atoms with E-state index >= 15 is 0 Å². The van der Waals surface area contributed by atoms with Gasteiger partial charge in [-0.15, -0.1) is 0 Å². The highest BCUT2D eigenvalue weighted by Gasteiger charge is 2.34. The Morgan fingerprint density at radius 3 is 2.44 bits per heavy atom. The topological polar surface area (TPSA) is 91.0 Å². The van der Waals surface area contributed by atoms with Gasteiger partial charge in [0.2, 0.25) is 5.91 Å². The Morgan fingerprint density at radius 2 is 1.72 bits per heavy atom. The Balaban J connectivity index is 1.44. The second-order valence-corrected chi connectivity index (χ2v) is 8.05. The Kier molecular flexibility index (Phi) is 6.58. The summed E-state index contributed by atoms with van der Waals surface area (Å²) in [7, 11) is 1.57. The van der Waals surface area contributed by atoms with Crippen molar-refractivity contribution in [2.24, 2.45) is 0 Å². The van der Waals surface area contributed by atoms with E-state index in [9.17, 15) is 14.4 Å². The van der Waals surface area contributed by atoms with Crippen molar-refractivity contribution in [2.45, 2.75) is 25.4 Å². The molecule has 168 valence electrons. The van der Waals surface area contributed by atoms with E-state index in [1.807, 2.05) is 34.1 Å². The highest BCUT2D eigenvalue weighted by Crippen LogP contribution is 2.33. The van der Waals surface area contributed by atoms with Crippen LogP contribution in [0.5, 0.6) is 5.75 Å². The molecule has 4 rings (SSSR count). The summed E-state index contributed by atoms with van der Waals surface area (Å²) < 4.78 is 6.02. The third kappa shape index (κ3) is 4.85. The Hall–Kier alpha value is -3.55. The van der Waals surface area contributed by atoms with Crippen molar-refractivity contribution in [1.82, 2.24) is 10.2 Å². The van der Waals surface area contributed by atoms with Crippen LogP contribution < -0.4 is 20.3 Å². The molecule has 0 radical (unpaired) electrons. The van der Waals surface area contributed by atoms with Gasteiger partial charge in [-0.05, 0) is 55.7 Å². The first kappa shape index (κ1) is 21.7. The van der Waals surface area contributed by atoms with Crippen LogP contribution in [0.4, 0.5) is 11.4 Å². The predicted octanol–water partition coefficient (Wildman–Crippen LogP) is 2.26. The molecule has 2 aliphatic rings. The number of fused-ring (bicyclic) bond motifs is 1. The van der Waals surface area contributed by atoms with Gasteiger partial charge in [-0.25, -0.2) is 0 Å². The quantitative estimate of drug-likeness (QED) is 0.750. The van der Waals surface area contributed by atoms with E-state index in [1.54, 1.807) is 31.3 Å². The Labute approximate surface area is 187 Å². The van der Waals surface area contributed by atoms with Gasteiger partial charge < -0.3 is 25.2 Å². The lowest BCUT2D eigenvalue weighted by atomic mass is 10.1. The molecule has 2 aromatic rings. The van der Waals surface area contributed by atoms with E-state index < -0.39 is 6.10 Å². The largest absolute Gasteiger partial charge is 0.477 e. The number of hydrogen-bond acceptors (Lipinski definition) is 5. The highest BCUT2D eigenvalue weighted by molar-refractivity contribution is 5.97. The molecule has 0 aromatic heterocycles. The molecule has 8 nitrogen and oxygen atoms in total. The minimum atomic E-state index is -0.636. The molecule has 0 aliphatic carbocycles. The maximum Gasteiger partial charge on any atom is 0.265 e. The number of rotatable bonds is 5. The fourth-order valence-electron chi connectivity index (χ4n) is 4.13. The van der Waals surface area contributed by atoms with Gasteiger partial charge in [0.25, 0.3) is 11.8 Å². The molecule has 1 fully saturated rings. The van der Waals surface area contributed by atoms with Gasteiger partial charge in [-0.3, -0.25) is 14.4 Å². The number of benzene rings is 2. The summed E-state index contributed by atoms with van der Waals surface area (Å²) in [6, 6.07) is 14.2. The number of hydrogen-bond donors (Lipinski definition) is 2. The first-order valence-electron chi connectivity index (χ1n) is 11.0. The Morgan fingerprint density at radius 1 is 1.00 bits per heavy atom. The van der Waals surface area contributed by atoms with E-state index in [2.05, 4.69) is 10.6 Å². The standard InChI is InChI=1S/C24H28N4O4/c1-25-23(30)17-9-11-18(12-10-17)26-22(29)16-28-15-21(24(31)27-13-5-2-6-14-27)32-20-8-4-3-7-19(20)28/h3-4,7-12,21H,2,5-6,13-16H2,1H3,(H,25,30)(H,26,29)/t21-/m1/s1. The average molecular weight is 437 g/mol. The third-order valence-corrected chi connectivity index (χ3v) is 5.80. The van der Waals surface area contributed by atoms with Crippen LogP contribution in [-0.4, -0.2) is 62.0 Å². The van der Waals surface area contributed by atoms with Crippen LogP contribution in [0.15, 0.2) is 48.5 Å². The minimum absolute atomic E-state index is 0.0191. The number of para-hydroxylation sites is 2. The van der Waals surface area contributed by atoms with Crippen molar-refractivity contribution in [2.75, 3.05) is 43.4 Å².